The first-order valence-corrected chi connectivity index (χ1v) is 8.01. The number of hydrogen-bond acceptors (Lipinski definition) is 0. The summed E-state index contributed by atoms with van der Waals surface area (Å²) < 4.78 is 0. The maximum Gasteiger partial charge on any atom is -0.0150 e. The van der Waals surface area contributed by atoms with E-state index in [1.54, 1.807) is 0 Å². The fourth-order valence-corrected chi connectivity index (χ4v) is 2.15. The number of aryl methyl sites for hydroxylation is 2. The molecule has 21 heavy (non-hydrogen) atoms. The molecule has 0 saturated heterocycles. The van der Waals surface area contributed by atoms with Crippen LogP contribution < -0.4 is 0 Å². The fourth-order valence-electron chi connectivity index (χ4n) is 2.15. The average molecular weight is 284 g/mol. The van der Waals surface area contributed by atoms with Crippen molar-refractivity contribution in [3.63, 3.8) is 0 Å². The van der Waals surface area contributed by atoms with Gasteiger partial charge in [0.25, 0.3) is 0 Å². The first-order valence-electron chi connectivity index (χ1n) is 8.01. The zero-order valence-electron chi connectivity index (χ0n) is 15.0. The molecule has 0 aliphatic rings. The third kappa shape index (κ3) is 6.62. The molecule has 0 spiro atoms. The Morgan fingerprint density at radius 2 is 1.81 bits per heavy atom. The van der Waals surface area contributed by atoms with Gasteiger partial charge in [-0.2, -0.15) is 0 Å². The highest BCUT2D eigenvalue weighted by Gasteiger charge is 2.08. The van der Waals surface area contributed by atoms with Crippen LogP contribution in [0.15, 0.2) is 54.2 Å². The number of hydrogen-bond donors (Lipinski definition) is 0. The molecular weight excluding hydrogens is 252 g/mol. The van der Waals surface area contributed by atoms with Crippen LogP contribution in [0.2, 0.25) is 0 Å². The lowest BCUT2D eigenvalue weighted by Crippen LogP contribution is -2.03. The second kappa shape index (κ2) is 10.2. The normalized spacial score (nSPS) is 13.3. The predicted octanol–water partition coefficient (Wildman–Crippen LogP) is 6.59. The van der Waals surface area contributed by atoms with Crippen LogP contribution >= 0.6 is 0 Å². The Bertz CT molecular complexity index is 501. The predicted molar refractivity (Wildman–Crippen MR) is 97.8 cm³/mol. The number of allylic oxidation sites excluding steroid dienone is 5. The van der Waals surface area contributed by atoms with Crippen molar-refractivity contribution in [1.29, 1.82) is 0 Å². The van der Waals surface area contributed by atoms with E-state index in [2.05, 4.69) is 71.5 Å². The number of benzene rings is 1. The maximum absolute atomic E-state index is 3.95. The quantitative estimate of drug-likeness (QED) is 0.535. The topological polar surface area (TPSA) is 0 Å². The van der Waals surface area contributed by atoms with E-state index >= 15 is 0 Å². The highest BCUT2D eigenvalue weighted by atomic mass is 14.1. The summed E-state index contributed by atoms with van der Waals surface area (Å²) in [6.07, 6.45) is 7.42. The van der Waals surface area contributed by atoms with E-state index in [0.717, 1.165) is 6.42 Å². The second-order valence-electron chi connectivity index (χ2n) is 5.40. The van der Waals surface area contributed by atoms with Gasteiger partial charge in [-0.05, 0) is 62.3 Å². The van der Waals surface area contributed by atoms with Gasteiger partial charge in [0.2, 0.25) is 0 Å². The lowest BCUT2D eigenvalue weighted by Gasteiger charge is -2.14. The Balaban J connectivity index is 0.00000191. The summed E-state index contributed by atoms with van der Waals surface area (Å²) in [5.41, 5.74) is 6.75. The smallest absolute Gasteiger partial charge is 0.0150 e. The summed E-state index contributed by atoms with van der Waals surface area (Å²) in [5.74, 6) is 0.495. The molecule has 116 valence electrons. The van der Waals surface area contributed by atoms with Crippen LogP contribution in [0.3, 0.4) is 0 Å². The molecule has 0 aliphatic carbocycles. The van der Waals surface area contributed by atoms with Crippen molar-refractivity contribution in [2.24, 2.45) is 5.92 Å². The highest BCUT2D eigenvalue weighted by Crippen LogP contribution is 2.21. The highest BCUT2D eigenvalue weighted by molar-refractivity contribution is 5.33. The molecule has 0 N–H and O–H groups in total. The molecule has 0 saturated carbocycles. The molecule has 0 nitrogen and oxygen atoms in total. The third-order valence-corrected chi connectivity index (χ3v) is 3.77. The Kier molecular flexibility index (Phi) is 9.45. The fraction of sp³-hybridized carbons (Fsp3) is 0.429. The third-order valence-electron chi connectivity index (χ3n) is 3.77. The van der Waals surface area contributed by atoms with Crippen molar-refractivity contribution >= 4 is 0 Å². The van der Waals surface area contributed by atoms with Crippen molar-refractivity contribution in [1.82, 2.24) is 0 Å². The molecule has 0 amide bonds. The molecule has 1 rings (SSSR count). The average Bonchev–Trinajstić information content (AvgIpc) is 2.50. The van der Waals surface area contributed by atoms with E-state index in [9.17, 15) is 0 Å². The van der Waals surface area contributed by atoms with E-state index in [1.807, 2.05) is 19.9 Å². The summed E-state index contributed by atoms with van der Waals surface area (Å²) in [5, 5.41) is 0. The molecule has 0 radical (unpaired) electrons. The van der Waals surface area contributed by atoms with Crippen molar-refractivity contribution in [3.05, 3.63) is 70.8 Å². The second-order valence-corrected chi connectivity index (χ2v) is 5.40. The minimum Gasteiger partial charge on any atom is -0.0988 e. The minimum absolute atomic E-state index is 0.495. The van der Waals surface area contributed by atoms with Crippen LogP contribution in [-0.4, -0.2) is 0 Å². The Morgan fingerprint density at radius 1 is 1.19 bits per heavy atom. The lowest BCUT2D eigenvalue weighted by molar-refractivity contribution is 0.692. The van der Waals surface area contributed by atoms with Crippen LogP contribution in [-0.2, 0) is 6.42 Å². The lowest BCUT2D eigenvalue weighted by atomic mass is 9.91. The maximum atomic E-state index is 3.95. The van der Waals surface area contributed by atoms with Crippen molar-refractivity contribution in [2.45, 2.75) is 54.9 Å². The van der Waals surface area contributed by atoms with E-state index in [-0.39, 0.29) is 0 Å². The van der Waals surface area contributed by atoms with Gasteiger partial charge in [-0.15, -0.1) is 0 Å². The van der Waals surface area contributed by atoms with Crippen molar-refractivity contribution in [3.8, 4) is 0 Å². The van der Waals surface area contributed by atoms with Gasteiger partial charge in [0, 0.05) is 0 Å². The summed E-state index contributed by atoms with van der Waals surface area (Å²) in [6, 6.07) is 6.75. The molecule has 0 aliphatic heterocycles. The Morgan fingerprint density at radius 3 is 2.29 bits per heavy atom. The molecule has 1 atom stereocenters. The number of rotatable bonds is 5. The van der Waals surface area contributed by atoms with Gasteiger partial charge in [0.1, 0.15) is 0 Å². The van der Waals surface area contributed by atoms with Crippen LogP contribution in [0.25, 0.3) is 0 Å². The summed E-state index contributed by atoms with van der Waals surface area (Å²) in [4.78, 5) is 0. The van der Waals surface area contributed by atoms with E-state index in [1.165, 1.54) is 27.8 Å². The Labute approximate surface area is 132 Å². The minimum atomic E-state index is 0.495. The summed E-state index contributed by atoms with van der Waals surface area (Å²) in [7, 11) is 0. The molecule has 0 heterocycles. The monoisotopic (exact) mass is 284 g/mol. The van der Waals surface area contributed by atoms with Gasteiger partial charge in [-0.3, -0.25) is 0 Å². The van der Waals surface area contributed by atoms with E-state index in [0.29, 0.717) is 5.92 Å². The van der Waals surface area contributed by atoms with Gasteiger partial charge in [0.05, 0.1) is 0 Å². The molecule has 0 heteroatoms. The van der Waals surface area contributed by atoms with Gasteiger partial charge >= 0.3 is 0 Å². The van der Waals surface area contributed by atoms with Gasteiger partial charge < -0.3 is 0 Å². The van der Waals surface area contributed by atoms with Crippen molar-refractivity contribution < 1.29 is 0 Å². The molecule has 1 aromatic rings. The molecule has 1 aromatic carbocycles. The van der Waals surface area contributed by atoms with Gasteiger partial charge in [-0.1, -0.05) is 69.4 Å². The van der Waals surface area contributed by atoms with E-state index in [4.69, 9.17) is 0 Å². The van der Waals surface area contributed by atoms with Crippen LogP contribution in [0.4, 0.5) is 0 Å². The molecule has 0 fully saturated rings. The van der Waals surface area contributed by atoms with Crippen LogP contribution in [0.1, 0.15) is 51.3 Å². The SMILES string of the molecule is C=C/C(=C\C(C)=C/C)C(C)Cc1ccc(C)c(C)c1.CC. The van der Waals surface area contributed by atoms with Crippen LogP contribution in [0, 0.1) is 19.8 Å². The van der Waals surface area contributed by atoms with Crippen LogP contribution in [0.5, 0.6) is 0 Å². The summed E-state index contributed by atoms with van der Waals surface area (Å²) >= 11 is 0. The largest absolute Gasteiger partial charge is 0.0988 e. The van der Waals surface area contributed by atoms with E-state index < -0.39 is 0 Å². The zero-order valence-corrected chi connectivity index (χ0v) is 15.0. The standard InChI is InChI=1S/C19H26.C2H6/c1-7-14(3)11-19(8-2)17(6)13-18-10-9-15(4)16(5)12-18;1-2/h7-12,17H,2,13H2,1,3-6H3;1-2H3/b14-7-,19-11+;. The molecule has 0 aromatic heterocycles. The molecule has 1 unspecified atom stereocenters. The molecule has 0 bridgehead atoms. The summed E-state index contributed by atoms with van der Waals surface area (Å²) in [6.45, 7) is 18.8. The van der Waals surface area contributed by atoms with Gasteiger partial charge in [-0.25, -0.2) is 0 Å². The van der Waals surface area contributed by atoms with Crippen molar-refractivity contribution in [2.75, 3.05) is 0 Å². The molecular formula is C21H32. The Hall–Kier alpha value is -1.56. The van der Waals surface area contributed by atoms with Gasteiger partial charge in [0.15, 0.2) is 0 Å². The zero-order chi connectivity index (χ0) is 16.4. The first kappa shape index (κ1) is 19.4. The first-order chi connectivity index (χ1) is 9.97.